The molecule has 6 heteroatoms. The van der Waals surface area contributed by atoms with Crippen LogP contribution in [-0.2, 0) is 13.0 Å². The number of amides is 1. The molecule has 0 aliphatic rings. The van der Waals surface area contributed by atoms with Gasteiger partial charge >= 0.3 is 0 Å². The summed E-state index contributed by atoms with van der Waals surface area (Å²) in [6.45, 7) is 6.89. The lowest BCUT2D eigenvalue weighted by atomic mass is 10.2. The highest BCUT2D eigenvalue weighted by Gasteiger charge is 2.19. The number of thiophene rings is 1. The molecule has 0 radical (unpaired) electrons. The number of para-hydroxylation sites is 1. The van der Waals surface area contributed by atoms with Crippen LogP contribution in [0.25, 0.3) is 10.9 Å². The molecule has 3 rings (SSSR count). The SMILES string of the molecule is CCc1sc(C(=O)N(CC)Cc2nc3ccccc3c(=O)[nH]2)cc1C. The highest BCUT2D eigenvalue weighted by Crippen LogP contribution is 2.24. The Hall–Kier alpha value is -2.47. The number of H-pyrrole nitrogens is 1. The van der Waals surface area contributed by atoms with Gasteiger partial charge in [0.2, 0.25) is 0 Å². The van der Waals surface area contributed by atoms with Crippen molar-refractivity contribution in [1.29, 1.82) is 0 Å². The van der Waals surface area contributed by atoms with Gasteiger partial charge in [-0.15, -0.1) is 11.3 Å². The van der Waals surface area contributed by atoms with Crippen LogP contribution in [-0.4, -0.2) is 27.3 Å². The molecule has 0 spiro atoms. The number of nitrogens with one attached hydrogen (secondary N) is 1. The molecule has 0 saturated heterocycles. The Kier molecular flexibility index (Phi) is 4.99. The predicted octanol–water partition coefficient (Wildman–Crippen LogP) is 3.52. The van der Waals surface area contributed by atoms with Crippen LogP contribution >= 0.6 is 11.3 Å². The van der Waals surface area contributed by atoms with Crippen LogP contribution < -0.4 is 5.56 Å². The van der Waals surface area contributed by atoms with Crippen molar-refractivity contribution in [3.8, 4) is 0 Å². The molecule has 1 N–H and O–H groups in total. The van der Waals surface area contributed by atoms with Crippen LogP contribution in [0.15, 0.2) is 35.1 Å². The Bertz CT molecular complexity index is 974. The van der Waals surface area contributed by atoms with Gasteiger partial charge in [-0.1, -0.05) is 19.1 Å². The van der Waals surface area contributed by atoms with Gasteiger partial charge < -0.3 is 9.88 Å². The zero-order valence-electron chi connectivity index (χ0n) is 14.6. The fourth-order valence-corrected chi connectivity index (χ4v) is 3.93. The Morgan fingerprint density at radius 2 is 2.04 bits per heavy atom. The minimum Gasteiger partial charge on any atom is -0.331 e. The van der Waals surface area contributed by atoms with Gasteiger partial charge in [0, 0.05) is 11.4 Å². The van der Waals surface area contributed by atoms with E-state index in [9.17, 15) is 9.59 Å². The third-order valence-electron chi connectivity index (χ3n) is 4.22. The standard InChI is InChI=1S/C19H21N3O2S/c1-4-15-12(3)10-16(25-15)19(24)22(5-2)11-17-20-14-9-7-6-8-13(14)18(23)21-17/h6-10H,4-5,11H2,1-3H3,(H,20,21,23). The molecule has 0 aliphatic carbocycles. The van der Waals surface area contributed by atoms with E-state index in [0.717, 1.165) is 16.9 Å². The van der Waals surface area contributed by atoms with Gasteiger partial charge in [-0.2, -0.15) is 0 Å². The molecule has 1 amide bonds. The van der Waals surface area contributed by atoms with Crippen molar-refractivity contribution in [2.24, 2.45) is 0 Å². The lowest BCUT2D eigenvalue weighted by molar-refractivity contribution is 0.0753. The number of benzene rings is 1. The molecule has 0 atom stereocenters. The largest absolute Gasteiger partial charge is 0.331 e. The first kappa shape index (κ1) is 17.4. The third-order valence-corrected chi connectivity index (χ3v) is 5.59. The first-order chi connectivity index (χ1) is 12.0. The maximum absolute atomic E-state index is 12.8. The van der Waals surface area contributed by atoms with Gasteiger partial charge in [0.25, 0.3) is 11.5 Å². The van der Waals surface area contributed by atoms with Gasteiger partial charge in [0.15, 0.2) is 0 Å². The summed E-state index contributed by atoms with van der Waals surface area (Å²) in [5.41, 5.74) is 1.62. The topological polar surface area (TPSA) is 66.1 Å². The number of rotatable bonds is 5. The number of fused-ring (bicyclic) bond motifs is 1. The Morgan fingerprint density at radius 3 is 2.72 bits per heavy atom. The first-order valence-electron chi connectivity index (χ1n) is 8.40. The fourth-order valence-electron chi connectivity index (χ4n) is 2.85. The summed E-state index contributed by atoms with van der Waals surface area (Å²) in [7, 11) is 0. The number of hydrogen-bond donors (Lipinski definition) is 1. The predicted molar refractivity (Wildman–Crippen MR) is 101 cm³/mol. The minimum atomic E-state index is -0.177. The summed E-state index contributed by atoms with van der Waals surface area (Å²) in [6, 6.07) is 9.16. The average molecular weight is 355 g/mol. The molecule has 2 heterocycles. The zero-order valence-corrected chi connectivity index (χ0v) is 15.4. The number of aryl methyl sites for hydroxylation is 2. The highest BCUT2D eigenvalue weighted by molar-refractivity contribution is 7.14. The zero-order chi connectivity index (χ0) is 18.0. The smallest absolute Gasteiger partial charge is 0.264 e. The van der Waals surface area contributed by atoms with Crippen LogP contribution in [0.5, 0.6) is 0 Å². The van der Waals surface area contributed by atoms with Crippen LogP contribution in [0.3, 0.4) is 0 Å². The van der Waals surface area contributed by atoms with Crippen LogP contribution in [0.1, 0.15) is 39.8 Å². The summed E-state index contributed by atoms with van der Waals surface area (Å²) < 4.78 is 0. The van der Waals surface area contributed by atoms with E-state index in [0.29, 0.717) is 23.3 Å². The van der Waals surface area contributed by atoms with Gasteiger partial charge in [0.05, 0.1) is 22.3 Å². The van der Waals surface area contributed by atoms with E-state index in [-0.39, 0.29) is 18.0 Å². The molecular formula is C19H21N3O2S. The van der Waals surface area contributed by atoms with Crippen LogP contribution in [0, 0.1) is 6.92 Å². The fraction of sp³-hybridized carbons (Fsp3) is 0.316. The van der Waals surface area contributed by atoms with Crippen molar-refractivity contribution in [1.82, 2.24) is 14.9 Å². The van der Waals surface area contributed by atoms with Crippen LogP contribution in [0.4, 0.5) is 0 Å². The summed E-state index contributed by atoms with van der Waals surface area (Å²) in [5, 5.41) is 0.557. The third kappa shape index (κ3) is 3.49. The van der Waals surface area contributed by atoms with Crippen molar-refractivity contribution in [3.63, 3.8) is 0 Å². The summed E-state index contributed by atoms with van der Waals surface area (Å²) in [4.78, 5) is 36.0. The van der Waals surface area contributed by atoms with Crippen LogP contribution in [0.2, 0.25) is 0 Å². The van der Waals surface area contributed by atoms with E-state index in [1.165, 1.54) is 4.88 Å². The number of hydrogen-bond acceptors (Lipinski definition) is 4. The van der Waals surface area contributed by atoms with E-state index in [2.05, 4.69) is 16.9 Å². The maximum atomic E-state index is 12.8. The van der Waals surface area contributed by atoms with Crippen molar-refractivity contribution in [2.45, 2.75) is 33.7 Å². The first-order valence-corrected chi connectivity index (χ1v) is 9.21. The summed E-state index contributed by atoms with van der Waals surface area (Å²) in [5.74, 6) is 0.481. The van der Waals surface area contributed by atoms with Crippen molar-refractivity contribution >= 4 is 28.1 Å². The number of aromatic amines is 1. The van der Waals surface area contributed by atoms with Crippen molar-refractivity contribution in [3.05, 3.63) is 61.8 Å². The molecule has 1 aromatic carbocycles. The van der Waals surface area contributed by atoms with E-state index in [1.54, 1.807) is 22.3 Å². The second-order valence-corrected chi connectivity index (χ2v) is 7.06. The Labute approximate surface area is 150 Å². The summed E-state index contributed by atoms with van der Waals surface area (Å²) >= 11 is 1.54. The van der Waals surface area contributed by atoms with Gasteiger partial charge in [-0.25, -0.2) is 4.98 Å². The molecule has 0 unspecified atom stereocenters. The molecule has 2 aromatic heterocycles. The Balaban J connectivity index is 1.89. The molecule has 25 heavy (non-hydrogen) atoms. The second kappa shape index (κ2) is 7.19. The monoisotopic (exact) mass is 355 g/mol. The lowest BCUT2D eigenvalue weighted by Crippen LogP contribution is -2.31. The van der Waals surface area contributed by atoms with E-state index in [4.69, 9.17) is 0 Å². The van der Waals surface area contributed by atoms with Gasteiger partial charge in [-0.05, 0) is 44.0 Å². The average Bonchev–Trinajstić information content (AvgIpc) is 3.00. The molecule has 0 bridgehead atoms. The Morgan fingerprint density at radius 1 is 1.28 bits per heavy atom. The highest BCUT2D eigenvalue weighted by atomic mass is 32.1. The molecule has 3 aromatic rings. The molecule has 5 nitrogen and oxygen atoms in total. The lowest BCUT2D eigenvalue weighted by Gasteiger charge is -2.19. The maximum Gasteiger partial charge on any atom is 0.264 e. The normalized spacial score (nSPS) is 11.0. The van der Waals surface area contributed by atoms with Crippen molar-refractivity contribution < 1.29 is 4.79 Å². The number of nitrogens with zero attached hydrogens (tertiary/aromatic N) is 2. The number of carbonyl (C=O) groups excluding carboxylic acids is 1. The molecule has 0 fully saturated rings. The van der Waals surface area contributed by atoms with E-state index in [1.807, 2.05) is 38.1 Å². The summed E-state index contributed by atoms with van der Waals surface area (Å²) in [6.07, 6.45) is 0.926. The molecule has 0 aliphatic heterocycles. The number of carbonyl (C=O) groups is 1. The second-order valence-electron chi connectivity index (χ2n) is 5.92. The molecule has 0 saturated carbocycles. The van der Waals surface area contributed by atoms with Gasteiger partial charge in [-0.3, -0.25) is 9.59 Å². The molecule has 130 valence electrons. The number of aromatic nitrogens is 2. The molecular weight excluding hydrogens is 334 g/mol. The quantitative estimate of drug-likeness (QED) is 0.761. The van der Waals surface area contributed by atoms with E-state index < -0.39 is 0 Å². The minimum absolute atomic E-state index is 0.0221. The van der Waals surface area contributed by atoms with Crippen molar-refractivity contribution in [2.75, 3.05) is 6.54 Å². The van der Waals surface area contributed by atoms with E-state index >= 15 is 0 Å². The van der Waals surface area contributed by atoms with Gasteiger partial charge in [0.1, 0.15) is 5.82 Å².